The molecule has 4 aromatic carbocycles. The number of carbonyl (C=O) groups is 3. The van der Waals surface area contributed by atoms with E-state index in [0.29, 0.717) is 34.5 Å². The van der Waals surface area contributed by atoms with Gasteiger partial charge in [0.25, 0.3) is 0 Å². The minimum atomic E-state index is -0.580. The Hall–Kier alpha value is -10.2. The van der Waals surface area contributed by atoms with Gasteiger partial charge in [0.2, 0.25) is 11.8 Å². The summed E-state index contributed by atoms with van der Waals surface area (Å²) in [5, 5.41) is 3.16. The molecule has 6 aromatic heterocycles. The van der Waals surface area contributed by atoms with Crippen LogP contribution >= 0.6 is 0 Å². The summed E-state index contributed by atoms with van der Waals surface area (Å²) in [4.78, 5) is 75.0. The third-order valence-electron chi connectivity index (χ3n) is 19.3. The number of nitrogens with two attached hydrogens (primary N) is 3. The van der Waals surface area contributed by atoms with Crippen LogP contribution in [0.25, 0.3) is 79.0 Å². The van der Waals surface area contributed by atoms with E-state index in [0.717, 1.165) is 169 Å². The Bertz CT molecular complexity index is 4470. The van der Waals surface area contributed by atoms with Gasteiger partial charge in [0.05, 0.1) is 28.1 Å². The molecule has 0 radical (unpaired) electrons. The van der Waals surface area contributed by atoms with Gasteiger partial charge in [0.1, 0.15) is 28.3 Å². The number of pyridine rings is 4. The molecule has 95 heavy (non-hydrogen) atoms. The van der Waals surface area contributed by atoms with Crippen molar-refractivity contribution in [3.05, 3.63) is 169 Å². The number of hydrogen-bond acceptors (Lipinski definition) is 15. The molecule has 2 aliphatic heterocycles. The van der Waals surface area contributed by atoms with Gasteiger partial charge in [-0.15, -0.1) is 0 Å². The number of nitrogens with zero attached hydrogens (tertiary/aromatic N) is 12. The molecular formula is C75H84N16O4. The van der Waals surface area contributed by atoms with Crippen molar-refractivity contribution in [1.29, 1.82) is 0 Å². The largest absolute Gasteiger partial charge is 0.444 e. The molecule has 4 fully saturated rings. The molecule has 0 unspecified atom stereocenters. The van der Waals surface area contributed by atoms with E-state index in [-0.39, 0.29) is 29.2 Å². The lowest BCUT2D eigenvalue weighted by molar-refractivity contribution is -0.134. The zero-order valence-electron chi connectivity index (χ0n) is 55.3. The van der Waals surface area contributed by atoms with E-state index < -0.39 is 17.2 Å². The van der Waals surface area contributed by atoms with Gasteiger partial charge in [-0.05, 0) is 193 Å². The Morgan fingerprint density at radius 2 is 0.958 bits per heavy atom. The smallest absolute Gasteiger partial charge is 0.408 e. The van der Waals surface area contributed by atoms with Crippen molar-refractivity contribution in [3.63, 3.8) is 0 Å². The second kappa shape index (κ2) is 25.9. The lowest BCUT2D eigenvalue weighted by atomic mass is 9.72. The van der Waals surface area contributed by atoms with Crippen molar-refractivity contribution in [1.82, 2.24) is 54.2 Å². The van der Waals surface area contributed by atoms with E-state index in [2.05, 4.69) is 115 Å². The van der Waals surface area contributed by atoms with Crippen LogP contribution in [0.15, 0.2) is 158 Å². The minimum Gasteiger partial charge on any atom is -0.444 e. The summed E-state index contributed by atoms with van der Waals surface area (Å²) in [5.41, 5.74) is 32.4. The molecule has 2 saturated heterocycles. The number of nitrogen functional groups attached to an aromatic ring is 2. The average Bonchev–Trinajstić information content (AvgIpc) is 1.67. The number of aromatic nitrogens is 8. The minimum absolute atomic E-state index is 0.0707. The first-order valence-electron chi connectivity index (χ1n) is 33.1. The molecule has 7 N–H and O–H groups in total. The van der Waals surface area contributed by atoms with Gasteiger partial charge < -0.3 is 46.9 Å². The molecule has 4 aliphatic rings. The van der Waals surface area contributed by atoms with Crippen molar-refractivity contribution in [3.8, 4) is 56.7 Å². The molecule has 10 aromatic rings. The summed E-state index contributed by atoms with van der Waals surface area (Å²) >= 11 is 0. The SMILES string of the molecule is CN(C)C(=O)C1CCN(c2cccc(-c3ccc4nc(-c5cccnc5N)n(-c5ccc(C6(N)CCC6)cc5)c4n3)c2)CC1.CN(C)C(=O)C1CCN(c2cccc(-c3ccc4nc(-c5cccnc5N)n(-c5ccc(C6(NC(=O)OC(C)(C)C)CCC6)cc5)c4n3)c2)CC1. The molecule has 2 aliphatic carbocycles. The highest BCUT2D eigenvalue weighted by molar-refractivity contribution is 5.87. The zero-order chi connectivity index (χ0) is 66.3. The second-order valence-electron chi connectivity index (χ2n) is 27.2. The molecule has 0 spiro atoms. The molecule has 488 valence electrons. The monoisotopic (exact) mass is 1270 g/mol. The Kier molecular flexibility index (Phi) is 17.4. The number of rotatable bonds is 13. The average molecular weight is 1270 g/mol. The molecule has 20 nitrogen and oxygen atoms in total. The number of carbonyl (C=O) groups excluding carboxylic acids is 3. The molecule has 2 saturated carbocycles. The van der Waals surface area contributed by atoms with Gasteiger partial charge in [-0.1, -0.05) is 48.5 Å². The van der Waals surface area contributed by atoms with Gasteiger partial charge in [-0.2, -0.15) is 0 Å². The number of alkyl carbamates (subject to hydrolysis) is 1. The molecular weight excluding hydrogens is 1190 g/mol. The van der Waals surface area contributed by atoms with Crippen molar-refractivity contribution >= 4 is 63.2 Å². The van der Waals surface area contributed by atoms with Crippen molar-refractivity contribution in [2.45, 2.75) is 102 Å². The molecule has 3 amide bonds. The molecule has 14 rings (SSSR count). The zero-order valence-corrected chi connectivity index (χ0v) is 55.3. The van der Waals surface area contributed by atoms with Gasteiger partial charge in [0.15, 0.2) is 22.9 Å². The number of hydrogen-bond donors (Lipinski definition) is 4. The number of nitrogens with one attached hydrogen (secondary N) is 1. The van der Waals surface area contributed by atoms with E-state index in [9.17, 15) is 14.4 Å². The Morgan fingerprint density at radius 3 is 1.34 bits per heavy atom. The standard InChI is InChI=1S/C40H46N8O3.C35H38N8O/c1-39(2,3)51-38(50)45-40(20-8-21-40)28-12-14-29(15-13-28)48-35(31-11-7-22-42-34(31)41)44-33-17-16-32(43-36(33)48)27-9-6-10-30(25-27)47-23-18-26(19-24-47)37(49)46(4)5;1-41(2)34(44)23-15-20-42(21-16-23)27-7-3-6-24(22-27)29-13-14-30-33(39-29)43(32(40-30)28-8-4-19-38-31(28)36)26-11-9-25(10-12-26)35(37)17-5-18-35/h6-7,9-17,22,25-26H,8,18-21,23-24H2,1-5H3,(H2,41,42)(H,45,50);3-4,6-14,19,22-23H,5,15-18,20-21,37H2,1-2H3,(H2,36,38). The van der Waals surface area contributed by atoms with E-state index in [1.807, 2.05) is 114 Å². The van der Waals surface area contributed by atoms with E-state index >= 15 is 0 Å². The predicted octanol–water partition coefficient (Wildman–Crippen LogP) is 12.3. The van der Waals surface area contributed by atoms with Crippen LogP contribution in [0.3, 0.4) is 0 Å². The third kappa shape index (κ3) is 13.0. The fraction of sp³-hybridized carbons (Fsp3) is 0.347. The number of fused-ring (bicyclic) bond motifs is 2. The number of amides is 3. The third-order valence-corrected chi connectivity index (χ3v) is 19.3. The maximum Gasteiger partial charge on any atom is 0.408 e. The highest BCUT2D eigenvalue weighted by Gasteiger charge is 2.42. The van der Waals surface area contributed by atoms with Crippen molar-refractivity contribution in [2.75, 3.05) is 75.6 Å². The Morgan fingerprint density at radius 1 is 0.526 bits per heavy atom. The molecule has 0 bridgehead atoms. The van der Waals surface area contributed by atoms with Crippen molar-refractivity contribution < 1.29 is 19.1 Å². The maximum atomic E-state index is 12.8. The van der Waals surface area contributed by atoms with Crippen LogP contribution in [0, 0.1) is 11.8 Å². The number of benzene rings is 4. The first kappa shape index (κ1) is 63.5. The van der Waals surface area contributed by atoms with Gasteiger partial charge >= 0.3 is 6.09 Å². The summed E-state index contributed by atoms with van der Waals surface area (Å²) in [6.45, 7) is 8.96. The summed E-state index contributed by atoms with van der Waals surface area (Å²) in [6.07, 6.45) is 12.2. The van der Waals surface area contributed by atoms with E-state index in [1.54, 1.807) is 22.2 Å². The van der Waals surface area contributed by atoms with Crippen LogP contribution in [-0.2, 0) is 25.4 Å². The summed E-state index contributed by atoms with van der Waals surface area (Å²) in [7, 11) is 7.33. The fourth-order valence-corrected chi connectivity index (χ4v) is 13.8. The summed E-state index contributed by atoms with van der Waals surface area (Å²) < 4.78 is 9.70. The second-order valence-corrected chi connectivity index (χ2v) is 27.2. The lowest BCUT2D eigenvalue weighted by Gasteiger charge is -2.43. The maximum absolute atomic E-state index is 12.8. The van der Waals surface area contributed by atoms with Gasteiger partial charge in [-0.3, -0.25) is 18.7 Å². The van der Waals surface area contributed by atoms with Gasteiger partial charge in [0, 0.05) is 118 Å². The first-order chi connectivity index (χ1) is 45.7. The molecule has 0 atom stereocenters. The van der Waals surface area contributed by atoms with Crippen LogP contribution in [0.2, 0.25) is 0 Å². The van der Waals surface area contributed by atoms with Crippen molar-refractivity contribution in [2.24, 2.45) is 17.6 Å². The van der Waals surface area contributed by atoms with E-state index in [1.165, 1.54) is 0 Å². The predicted molar refractivity (Wildman–Crippen MR) is 376 cm³/mol. The number of piperidine rings is 2. The molecule has 20 heteroatoms. The lowest BCUT2D eigenvalue weighted by Crippen LogP contribution is -2.52. The fourth-order valence-electron chi connectivity index (χ4n) is 13.8. The molecule has 8 heterocycles. The normalized spacial score (nSPS) is 16.3. The Balaban J connectivity index is 0.000000174. The summed E-state index contributed by atoms with van der Waals surface area (Å²) in [5.74, 6) is 2.72. The van der Waals surface area contributed by atoms with Crippen LogP contribution in [0.4, 0.5) is 27.8 Å². The number of ether oxygens (including phenoxy) is 1. The number of anilines is 4. The quantitative estimate of drug-likeness (QED) is 0.0838. The van der Waals surface area contributed by atoms with E-state index in [4.69, 9.17) is 41.9 Å². The van der Waals surface area contributed by atoms with Crippen LogP contribution in [0.5, 0.6) is 0 Å². The van der Waals surface area contributed by atoms with Crippen LogP contribution < -0.4 is 32.3 Å². The Labute approximate surface area is 554 Å². The first-order valence-corrected chi connectivity index (χ1v) is 33.1. The van der Waals surface area contributed by atoms with Crippen LogP contribution in [-0.4, -0.2) is 127 Å². The van der Waals surface area contributed by atoms with Gasteiger partial charge in [-0.25, -0.2) is 34.7 Å². The summed E-state index contributed by atoms with van der Waals surface area (Å²) in [6, 6.07) is 49.2. The highest BCUT2D eigenvalue weighted by atomic mass is 16.6. The number of imidazole rings is 2. The van der Waals surface area contributed by atoms with Crippen LogP contribution in [0.1, 0.15) is 96.1 Å². The highest BCUT2D eigenvalue weighted by Crippen LogP contribution is 2.44. The topological polar surface area (TPSA) is 251 Å².